The van der Waals surface area contributed by atoms with E-state index in [9.17, 15) is 22.0 Å². The average Bonchev–Trinajstić information content (AvgIpc) is 3.22. The van der Waals surface area contributed by atoms with Crippen LogP contribution in [0.15, 0.2) is 54.6 Å². The van der Waals surface area contributed by atoms with E-state index in [1.54, 1.807) is 18.2 Å². The number of hydrogen-bond donors (Lipinski definition) is 0. The van der Waals surface area contributed by atoms with E-state index < -0.39 is 21.7 Å². The second-order valence-electron chi connectivity index (χ2n) is 9.95. The van der Waals surface area contributed by atoms with Crippen molar-refractivity contribution < 1.29 is 26.7 Å². The van der Waals surface area contributed by atoms with Crippen molar-refractivity contribution in [1.82, 2.24) is 9.21 Å². The minimum Gasteiger partial charge on any atom is -0.493 e. The van der Waals surface area contributed by atoms with E-state index in [1.807, 2.05) is 31.2 Å². The molecule has 0 aromatic heterocycles. The molecule has 204 valence electrons. The number of benzene rings is 3. The number of sulfonamides is 1. The van der Waals surface area contributed by atoms with Gasteiger partial charge in [-0.3, -0.25) is 4.79 Å². The Hall–Kier alpha value is -3.40. The summed E-state index contributed by atoms with van der Waals surface area (Å²) in [6.45, 7) is 5.35. The molecule has 5 rings (SSSR count). The summed E-state index contributed by atoms with van der Waals surface area (Å²) in [7, 11) is -3.16. The van der Waals surface area contributed by atoms with Crippen molar-refractivity contribution in [2.45, 2.75) is 13.3 Å². The van der Waals surface area contributed by atoms with Gasteiger partial charge in [-0.2, -0.15) is 4.31 Å². The number of carbonyl (C=O) groups is 1. The zero-order chi connectivity index (χ0) is 27.7. The molecule has 9 heteroatoms. The maximum absolute atomic E-state index is 14.2. The Kier molecular flexibility index (Phi) is 7.66. The molecule has 0 radical (unpaired) electrons. The normalized spacial score (nSPS) is 16.3. The van der Waals surface area contributed by atoms with Crippen molar-refractivity contribution in [1.29, 1.82) is 0 Å². The lowest BCUT2D eigenvalue weighted by atomic mass is 9.89. The van der Waals surface area contributed by atoms with E-state index in [4.69, 9.17) is 4.74 Å². The Morgan fingerprint density at radius 1 is 0.923 bits per heavy atom. The predicted molar refractivity (Wildman–Crippen MR) is 148 cm³/mol. The number of ketones is 1. The zero-order valence-electron chi connectivity index (χ0n) is 21.9. The van der Waals surface area contributed by atoms with Gasteiger partial charge in [0, 0.05) is 55.5 Å². The highest BCUT2D eigenvalue weighted by molar-refractivity contribution is 7.88. The second kappa shape index (κ2) is 11.0. The first-order valence-corrected chi connectivity index (χ1v) is 14.7. The van der Waals surface area contributed by atoms with Gasteiger partial charge in [0.1, 0.15) is 17.4 Å². The zero-order valence-corrected chi connectivity index (χ0v) is 22.7. The Bertz CT molecular complexity index is 1540. The highest BCUT2D eigenvalue weighted by Crippen LogP contribution is 2.41. The Labute approximate surface area is 227 Å². The van der Waals surface area contributed by atoms with Crippen molar-refractivity contribution in [2.24, 2.45) is 0 Å². The lowest BCUT2D eigenvalue weighted by Crippen LogP contribution is -2.48. The van der Waals surface area contributed by atoms with Gasteiger partial charge in [0.15, 0.2) is 5.78 Å². The fourth-order valence-electron chi connectivity index (χ4n) is 5.28. The Balaban J connectivity index is 1.37. The van der Waals surface area contributed by atoms with Crippen LogP contribution in [0.5, 0.6) is 5.75 Å². The molecule has 6 nitrogen and oxygen atoms in total. The second-order valence-corrected chi connectivity index (χ2v) is 11.9. The van der Waals surface area contributed by atoms with Crippen LogP contribution in [-0.4, -0.2) is 69.0 Å². The third-order valence-corrected chi connectivity index (χ3v) is 8.59. The van der Waals surface area contributed by atoms with Gasteiger partial charge in [0.2, 0.25) is 10.0 Å². The fraction of sp³-hybridized carbons (Fsp3) is 0.300. The molecule has 1 aliphatic carbocycles. The Morgan fingerprint density at radius 2 is 1.62 bits per heavy atom. The molecule has 3 aromatic carbocycles. The molecular formula is C30H30F2N2O4S. The molecule has 1 aliphatic heterocycles. The monoisotopic (exact) mass is 552 g/mol. The maximum atomic E-state index is 14.2. The third kappa shape index (κ3) is 5.80. The van der Waals surface area contributed by atoms with Gasteiger partial charge in [0.25, 0.3) is 0 Å². The minimum absolute atomic E-state index is 0.141. The first-order valence-electron chi connectivity index (χ1n) is 12.9. The number of nitrogens with zero attached hydrogens (tertiary/aromatic N) is 2. The van der Waals surface area contributed by atoms with E-state index in [0.29, 0.717) is 71.9 Å². The van der Waals surface area contributed by atoms with E-state index in [0.717, 1.165) is 24.6 Å². The molecule has 0 atom stereocenters. The average molecular weight is 553 g/mol. The summed E-state index contributed by atoms with van der Waals surface area (Å²) >= 11 is 0. The summed E-state index contributed by atoms with van der Waals surface area (Å²) in [6, 6.07) is 14.2. The number of allylic oxidation sites excluding steroid dienone is 1. The van der Waals surface area contributed by atoms with Crippen LogP contribution < -0.4 is 4.74 Å². The van der Waals surface area contributed by atoms with Gasteiger partial charge in [0.05, 0.1) is 12.9 Å². The summed E-state index contributed by atoms with van der Waals surface area (Å²) in [6.07, 6.45) is 3.79. The van der Waals surface area contributed by atoms with Crippen LogP contribution in [-0.2, 0) is 10.0 Å². The third-order valence-electron chi connectivity index (χ3n) is 7.28. The molecule has 1 saturated heterocycles. The predicted octanol–water partition coefficient (Wildman–Crippen LogP) is 5.02. The maximum Gasteiger partial charge on any atom is 0.211 e. The number of carbonyl (C=O) groups excluding carboxylic acids is 1. The number of hydrogen-bond acceptors (Lipinski definition) is 5. The molecule has 39 heavy (non-hydrogen) atoms. The van der Waals surface area contributed by atoms with Gasteiger partial charge in [-0.1, -0.05) is 30.3 Å². The van der Waals surface area contributed by atoms with Crippen molar-refractivity contribution >= 4 is 27.5 Å². The van der Waals surface area contributed by atoms with E-state index in [1.165, 1.54) is 22.7 Å². The standard InChI is InChI=1S/C30H30F2N2O4S/c1-20-28(38-15-5-10-33-11-13-34(14-12-33)39(2,36)37)9-8-25(22-16-23(31)19-24(32)17-22)29(20)27-18-21-6-3-4-7-26(21)30(27)35/h3-4,6-9,16-19H,5,10-15H2,1-2H3. The lowest BCUT2D eigenvalue weighted by Gasteiger charge is -2.33. The van der Waals surface area contributed by atoms with E-state index >= 15 is 0 Å². The lowest BCUT2D eigenvalue weighted by molar-refractivity contribution is 0.105. The smallest absolute Gasteiger partial charge is 0.211 e. The molecule has 2 aliphatic rings. The van der Waals surface area contributed by atoms with E-state index in [2.05, 4.69) is 4.90 Å². The molecule has 1 heterocycles. The molecule has 0 spiro atoms. The molecule has 0 bridgehead atoms. The van der Waals surface area contributed by atoms with Gasteiger partial charge in [-0.15, -0.1) is 0 Å². The van der Waals surface area contributed by atoms with Crippen molar-refractivity contribution in [3.05, 3.63) is 88.5 Å². The van der Waals surface area contributed by atoms with Crippen LogP contribution in [0, 0.1) is 18.6 Å². The topological polar surface area (TPSA) is 66.9 Å². The molecule has 1 fully saturated rings. The largest absolute Gasteiger partial charge is 0.493 e. The quantitative estimate of drug-likeness (QED) is 0.367. The molecule has 0 unspecified atom stereocenters. The van der Waals surface area contributed by atoms with Crippen molar-refractivity contribution in [2.75, 3.05) is 45.6 Å². The number of halogens is 2. The summed E-state index contributed by atoms with van der Waals surface area (Å²) < 4.78 is 59.4. The molecule has 0 saturated carbocycles. The minimum atomic E-state index is -3.16. The molecule has 0 N–H and O–H groups in total. The van der Waals surface area contributed by atoms with Crippen LogP contribution in [0.1, 0.15) is 33.5 Å². The molecular weight excluding hydrogens is 522 g/mol. The van der Waals surface area contributed by atoms with Crippen LogP contribution in [0.2, 0.25) is 0 Å². The molecule has 0 amide bonds. The Morgan fingerprint density at radius 3 is 2.28 bits per heavy atom. The fourth-order valence-corrected chi connectivity index (χ4v) is 6.11. The van der Waals surface area contributed by atoms with E-state index in [-0.39, 0.29) is 5.78 Å². The van der Waals surface area contributed by atoms with Crippen LogP contribution in [0.25, 0.3) is 22.8 Å². The number of ether oxygens (including phenoxy) is 1. The first-order chi connectivity index (χ1) is 18.6. The van der Waals surface area contributed by atoms with Crippen LogP contribution in [0.4, 0.5) is 8.78 Å². The van der Waals surface area contributed by atoms with Crippen molar-refractivity contribution in [3.8, 4) is 16.9 Å². The van der Waals surface area contributed by atoms with Crippen LogP contribution >= 0.6 is 0 Å². The van der Waals surface area contributed by atoms with Gasteiger partial charge in [-0.25, -0.2) is 17.2 Å². The number of rotatable bonds is 8. The number of fused-ring (bicyclic) bond motifs is 1. The summed E-state index contributed by atoms with van der Waals surface area (Å²) in [5.74, 6) is -0.933. The first kappa shape index (κ1) is 27.2. The highest BCUT2D eigenvalue weighted by atomic mass is 32.2. The highest BCUT2D eigenvalue weighted by Gasteiger charge is 2.28. The number of Topliss-reactive ketones (excluding diaryl/α,β-unsaturated/α-hetero) is 1. The summed E-state index contributed by atoms with van der Waals surface area (Å²) in [5, 5.41) is 0. The van der Waals surface area contributed by atoms with Crippen LogP contribution in [0.3, 0.4) is 0 Å². The summed E-state index contributed by atoms with van der Waals surface area (Å²) in [5.41, 5.74) is 4.05. The van der Waals surface area contributed by atoms with Gasteiger partial charge in [-0.05, 0) is 59.9 Å². The molecule has 3 aromatic rings. The number of piperazine rings is 1. The van der Waals surface area contributed by atoms with Gasteiger partial charge < -0.3 is 9.64 Å². The van der Waals surface area contributed by atoms with Gasteiger partial charge >= 0.3 is 0 Å². The SMILES string of the molecule is Cc1c(OCCCN2CCN(S(C)(=O)=O)CC2)ccc(-c2cc(F)cc(F)c2)c1C1=Cc2ccccc2C1=O. The van der Waals surface area contributed by atoms with Crippen molar-refractivity contribution in [3.63, 3.8) is 0 Å². The summed E-state index contributed by atoms with van der Waals surface area (Å²) in [4.78, 5) is 15.6.